The van der Waals surface area contributed by atoms with Crippen LogP contribution in [0.15, 0.2) is 6.07 Å². The van der Waals surface area contributed by atoms with Crippen molar-refractivity contribution in [2.75, 3.05) is 19.0 Å². The molecular weight excluding hydrogens is 214 g/mol. The van der Waals surface area contributed by atoms with E-state index in [1.54, 1.807) is 7.11 Å². The SMILES string of the molecule is CCNc1cc(C2CC2)nc(C(CC)OC)n1. The Kier molecular flexibility index (Phi) is 3.94. The molecule has 1 aromatic heterocycles. The number of rotatable bonds is 6. The molecule has 0 bridgehead atoms. The van der Waals surface area contributed by atoms with Crippen molar-refractivity contribution in [1.29, 1.82) is 0 Å². The van der Waals surface area contributed by atoms with Crippen molar-refractivity contribution in [3.8, 4) is 0 Å². The zero-order valence-corrected chi connectivity index (χ0v) is 10.9. The number of nitrogens with one attached hydrogen (secondary N) is 1. The summed E-state index contributed by atoms with van der Waals surface area (Å²) in [5.41, 5.74) is 1.17. The van der Waals surface area contributed by atoms with Gasteiger partial charge in [0, 0.05) is 31.3 Å². The monoisotopic (exact) mass is 235 g/mol. The second-order valence-corrected chi connectivity index (χ2v) is 4.47. The molecular formula is C13H21N3O. The Morgan fingerprint density at radius 3 is 2.71 bits per heavy atom. The van der Waals surface area contributed by atoms with Crippen LogP contribution < -0.4 is 5.32 Å². The third-order valence-electron chi connectivity index (χ3n) is 3.06. The van der Waals surface area contributed by atoms with Gasteiger partial charge in [0.25, 0.3) is 0 Å². The Labute approximate surface area is 103 Å². The van der Waals surface area contributed by atoms with Crippen LogP contribution in [0.3, 0.4) is 0 Å². The molecule has 1 aliphatic carbocycles. The van der Waals surface area contributed by atoms with Crippen LogP contribution in [0, 0.1) is 0 Å². The highest BCUT2D eigenvalue weighted by Gasteiger charge is 2.27. The standard InChI is InChI=1S/C13H21N3O/c1-4-11(17-3)13-15-10(9-6-7-9)8-12(16-13)14-5-2/h8-9,11H,4-7H2,1-3H3,(H,14,15,16). The van der Waals surface area contributed by atoms with Crippen LogP contribution in [0.2, 0.25) is 0 Å². The van der Waals surface area contributed by atoms with Gasteiger partial charge < -0.3 is 10.1 Å². The van der Waals surface area contributed by atoms with E-state index in [9.17, 15) is 0 Å². The largest absolute Gasteiger partial charge is 0.373 e. The topological polar surface area (TPSA) is 47.0 Å². The van der Waals surface area contributed by atoms with E-state index in [-0.39, 0.29) is 6.10 Å². The molecule has 1 saturated carbocycles. The van der Waals surface area contributed by atoms with Crippen molar-refractivity contribution < 1.29 is 4.74 Å². The summed E-state index contributed by atoms with van der Waals surface area (Å²) in [6.45, 7) is 5.05. The first-order chi connectivity index (χ1) is 8.28. The van der Waals surface area contributed by atoms with Gasteiger partial charge >= 0.3 is 0 Å². The van der Waals surface area contributed by atoms with Gasteiger partial charge in [-0.2, -0.15) is 0 Å². The van der Waals surface area contributed by atoms with Crippen molar-refractivity contribution in [2.24, 2.45) is 0 Å². The molecule has 0 amide bonds. The fraction of sp³-hybridized carbons (Fsp3) is 0.692. The molecule has 0 aromatic carbocycles. The first-order valence-electron chi connectivity index (χ1n) is 6.44. The van der Waals surface area contributed by atoms with E-state index in [2.05, 4.69) is 35.2 Å². The lowest BCUT2D eigenvalue weighted by Crippen LogP contribution is -2.10. The molecule has 0 radical (unpaired) electrons. The second kappa shape index (κ2) is 5.45. The number of anilines is 1. The van der Waals surface area contributed by atoms with Crippen molar-refractivity contribution in [3.05, 3.63) is 17.6 Å². The van der Waals surface area contributed by atoms with Crippen LogP contribution in [0.1, 0.15) is 56.7 Å². The number of aromatic nitrogens is 2. The fourth-order valence-corrected chi connectivity index (χ4v) is 1.94. The number of methoxy groups -OCH3 is 1. The highest BCUT2D eigenvalue weighted by molar-refractivity contribution is 5.38. The minimum Gasteiger partial charge on any atom is -0.373 e. The van der Waals surface area contributed by atoms with E-state index in [1.807, 2.05) is 0 Å². The Morgan fingerprint density at radius 1 is 1.41 bits per heavy atom. The normalized spacial score (nSPS) is 16.9. The average Bonchev–Trinajstić information content (AvgIpc) is 3.15. The van der Waals surface area contributed by atoms with Gasteiger partial charge in [0.1, 0.15) is 11.9 Å². The zero-order chi connectivity index (χ0) is 12.3. The quantitative estimate of drug-likeness (QED) is 0.823. The van der Waals surface area contributed by atoms with Crippen molar-refractivity contribution in [1.82, 2.24) is 9.97 Å². The summed E-state index contributed by atoms with van der Waals surface area (Å²) in [6, 6.07) is 2.08. The molecule has 1 atom stereocenters. The maximum Gasteiger partial charge on any atom is 0.159 e. The van der Waals surface area contributed by atoms with Gasteiger partial charge in [-0.25, -0.2) is 9.97 Å². The first-order valence-corrected chi connectivity index (χ1v) is 6.44. The summed E-state index contributed by atoms with van der Waals surface area (Å²) in [5.74, 6) is 2.38. The van der Waals surface area contributed by atoms with Crippen LogP contribution in [-0.2, 0) is 4.74 Å². The van der Waals surface area contributed by atoms with E-state index in [1.165, 1.54) is 18.5 Å². The van der Waals surface area contributed by atoms with Gasteiger partial charge in [0.15, 0.2) is 5.82 Å². The predicted molar refractivity (Wildman–Crippen MR) is 68.2 cm³/mol. The lowest BCUT2D eigenvalue weighted by molar-refractivity contribution is 0.0925. The lowest BCUT2D eigenvalue weighted by Gasteiger charge is -2.14. The van der Waals surface area contributed by atoms with E-state index < -0.39 is 0 Å². The highest BCUT2D eigenvalue weighted by Crippen LogP contribution is 2.40. The molecule has 94 valence electrons. The molecule has 1 aliphatic rings. The van der Waals surface area contributed by atoms with Gasteiger partial charge in [-0.05, 0) is 26.2 Å². The Balaban J connectivity index is 2.29. The summed E-state index contributed by atoms with van der Waals surface area (Å²) in [4.78, 5) is 9.17. The Hall–Kier alpha value is -1.16. The molecule has 4 nitrogen and oxygen atoms in total. The van der Waals surface area contributed by atoms with E-state index in [0.717, 1.165) is 24.6 Å². The smallest absolute Gasteiger partial charge is 0.159 e. The van der Waals surface area contributed by atoms with Crippen LogP contribution in [0.4, 0.5) is 5.82 Å². The highest BCUT2D eigenvalue weighted by atomic mass is 16.5. The third-order valence-corrected chi connectivity index (χ3v) is 3.06. The maximum atomic E-state index is 5.42. The van der Waals surface area contributed by atoms with Gasteiger partial charge in [-0.1, -0.05) is 6.92 Å². The summed E-state index contributed by atoms with van der Waals surface area (Å²) in [5, 5.41) is 3.27. The summed E-state index contributed by atoms with van der Waals surface area (Å²) >= 11 is 0. The minimum absolute atomic E-state index is 0.00565. The van der Waals surface area contributed by atoms with E-state index in [4.69, 9.17) is 4.74 Å². The van der Waals surface area contributed by atoms with Crippen LogP contribution in [0.5, 0.6) is 0 Å². The van der Waals surface area contributed by atoms with Crippen molar-refractivity contribution in [3.63, 3.8) is 0 Å². The molecule has 2 rings (SSSR count). The summed E-state index contributed by atoms with van der Waals surface area (Å²) < 4.78 is 5.42. The van der Waals surface area contributed by atoms with E-state index in [0.29, 0.717) is 5.92 Å². The molecule has 1 N–H and O–H groups in total. The number of hydrogen-bond donors (Lipinski definition) is 1. The van der Waals surface area contributed by atoms with E-state index >= 15 is 0 Å². The Morgan fingerprint density at radius 2 is 2.18 bits per heavy atom. The molecule has 0 spiro atoms. The average molecular weight is 235 g/mol. The number of ether oxygens (including phenoxy) is 1. The third kappa shape index (κ3) is 2.94. The number of hydrogen-bond acceptors (Lipinski definition) is 4. The van der Waals surface area contributed by atoms with Crippen LogP contribution in [-0.4, -0.2) is 23.6 Å². The fourth-order valence-electron chi connectivity index (χ4n) is 1.94. The van der Waals surface area contributed by atoms with Crippen molar-refractivity contribution in [2.45, 2.75) is 45.1 Å². The number of nitrogens with zero attached hydrogens (tertiary/aromatic N) is 2. The summed E-state index contributed by atoms with van der Waals surface area (Å²) in [6.07, 6.45) is 3.42. The van der Waals surface area contributed by atoms with Crippen molar-refractivity contribution >= 4 is 5.82 Å². The van der Waals surface area contributed by atoms with Gasteiger partial charge in [0.05, 0.1) is 0 Å². The van der Waals surface area contributed by atoms with Gasteiger partial charge in [-0.3, -0.25) is 0 Å². The molecule has 1 aromatic rings. The molecule has 1 fully saturated rings. The first kappa shape index (κ1) is 12.3. The molecule has 1 unspecified atom stereocenters. The molecule has 0 aliphatic heterocycles. The molecule has 4 heteroatoms. The molecule has 17 heavy (non-hydrogen) atoms. The molecule has 1 heterocycles. The molecule has 0 saturated heterocycles. The zero-order valence-electron chi connectivity index (χ0n) is 10.9. The van der Waals surface area contributed by atoms with Crippen LogP contribution >= 0.6 is 0 Å². The Bertz CT molecular complexity index is 373. The second-order valence-electron chi connectivity index (χ2n) is 4.47. The van der Waals surface area contributed by atoms with Gasteiger partial charge in [-0.15, -0.1) is 0 Å². The minimum atomic E-state index is 0.00565. The lowest BCUT2D eigenvalue weighted by atomic mass is 10.2. The summed E-state index contributed by atoms with van der Waals surface area (Å²) in [7, 11) is 1.72. The predicted octanol–water partition coefficient (Wildman–Crippen LogP) is 2.88. The van der Waals surface area contributed by atoms with Crippen LogP contribution in [0.25, 0.3) is 0 Å². The van der Waals surface area contributed by atoms with Gasteiger partial charge in [0.2, 0.25) is 0 Å². The maximum absolute atomic E-state index is 5.42.